The van der Waals surface area contributed by atoms with Crippen molar-refractivity contribution in [2.24, 2.45) is 0 Å². The van der Waals surface area contributed by atoms with Gasteiger partial charge in [0, 0.05) is 6.42 Å². The van der Waals surface area contributed by atoms with Crippen molar-refractivity contribution in [2.45, 2.75) is 24.8 Å². The van der Waals surface area contributed by atoms with Crippen LogP contribution in [0, 0.1) is 0 Å². The van der Waals surface area contributed by atoms with Crippen LogP contribution in [0.4, 0.5) is 0 Å². The molecule has 106 valence electrons. The van der Waals surface area contributed by atoms with Crippen LogP contribution >= 0.6 is 12.4 Å². The summed E-state index contributed by atoms with van der Waals surface area (Å²) < 4.78 is 0. The van der Waals surface area contributed by atoms with Crippen LogP contribution in [0.15, 0.2) is 42.5 Å². The monoisotopic (exact) mass is 291 g/mol. The Kier molecular flexibility index (Phi) is 4.31. The third kappa shape index (κ3) is 2.65. The predicted molar refractivity (Wildman–Crippen MR) is 82.5 cm³/mol. The van der Waals surface area contributed by atoms with Crippen LogP contribution in [0.3, 0.4) is 0 Å². The molecule has 0 aromatic heterocycles. The highest BCUT2D eigenvalue weighted by Crippen LogP contribution is 2.26. The molecule has 2 aromatic carbocycles. The number of rotatable bonds is 3. The minimum Gasteiger partial charge on any atom is -0.480 e. The average molecular weight is 292 g/mol. The molecule has 4 heteroatoms. The van der Waals surface area contributed by atoms with E-state index in [0.717, 1.165) is 18.5 Å². The Morgan fingerprint density at radius 2 is 1.95 bits per heavy atom. The van der Waals surface area contributed by atoms with Crippen LogP contribution in [-0.2, 0) is 11.2 Å². The van der Waals surface area contributed by atoms with Gasteiger partial charge < -0.3 is 10.4 Å². The molecular weight excluding hydrogens is 274 g/mol. The second-order valence-electron chi connectivity index (χ2n) is 5.28. The lowest BCUT2D eigenvalue weighted by Crippen LogP contribution is -2.49. The maximum atomic E-state index is 11.5. The Labute approximate surface area is 124 Å². The van der Waals surface area contributed by atoms with E-state index in [0.29, 0.717) is 12.8 Å². The summed E-state index contributed by atoms with van der Waals surface area (Å²) in [5, 5.41) is 15.0. The molecule has 1 aliphatic heterocycles. The summed E-state index contributed by atoms with van der Waals surface area (Å²) in [6, 6.07) is 14.3. The van der Waals surface area contributed by atoms with Crippen LogP contribution in [0.5, 0.6) is 0 Å². The summed E-state index contributed by atoms with van der Waals surface area (Å²) in [7, 11) is 0. The molecule has 0 aliphatic carbocycles. The highest BCUT2D eigenvalue weighted by molar-refractivity contribution is 5.85. The number of benzene rings is 2. The molecule has 2 aromatic rings. The first-order valence-electron chi connectivity index (χ1n) is 6.66. The Hall–Kier alpha value is -1.58. The maximum Gasteiger partial charge on any atom is 0.324 e. The molecule has 2 N–H and O–H groups in total. The van der Waals surface area contributed by atoms with E-state index in [1.165, 1.54) is 10.8 Å². The zero-order chi connectivity index (χ0) is 13.3. The number of hydrogen-bond donors (Lipinski definition) is 2. The third-order valence-corrected chi connectivity index (χ3v) is 3.97. The van der Waals surface area contributed by atoms with Gasteiger partial charge >= 0.3 is 5.97 Å². The Morgan fingerprint density at radius 1 is 1.20 bits per heavy atom. The van der Waals surface area contributed by atoms with E-state index in [-0.39, 0.29) is 12.4 Å². The summed E-state index contributed by atoms with van der Waals surface area (Å²) in [6.45, 7) is 0.792. The number of carboxylic acid groups (broad SMARTS) is 1. The van der Waals surface area contributed by atoms with Crippen molar-refractivity contribution < 1.29 is 9.90 Å². The molecule has 0 amide bonds. The molecule has 0 saturated carbocycles. The van der Waals surface area contributed by atoms with Crippen LogP contribution in [0.1, 0.15) is 18.4 Å². The van der Waals surface area contributed by atoms with Crippen LogP contribution in [0.2, 0.25) is 0 Å². The van der Waals surface area contributed by atoms with E-state index in [2.05, 4.69) is 29.6 Å². The first-order chi connectivity index (χ1) is 9.20. The molecule has 1 fully saturated rings. The van der Waals surface area contributed by atoms with E-state index >= 15 is 0 Å². The van der Waals surface area contributed by atoms with Gasteiger partial charge in [-0.05, 0) is 35.7 Å². The van der Waals surface area contributed by atoms with Gasteiger partial charge in [-0.25, -0.2) is 0 Å². The van der Waals surface area contributed by atoms with E-state index < -0.39 is 11.5 Å². The van der Waals surface area contributed by atoms with Gasteiger partial charge in [-0.15, -0.1) is 12.4 Å². The van der Waals surface area contributed by atoms with Crippen molar-refractivity contribution in [1.29, 1.82) is 0 Å². The number of nitrogens with one attached hydrogen (secondary N) is 1. The van der Waals surface area contributed by atoms with Gasteiger partial charge in [0.25, 0.3) is 0 Å². The van der Waals surface area contributed by atoms with Crippen molar-refractivity contribution in [3.8, 4) is 0 Å². The fraction of sp³-hybridized carbons (Fsp3) is 0.312. The van der Waals surface area contributed by atoms with Crippen LogP contribution in [-0.4, -0.2) is 23.2 Å². The standard InChI is InChI=1S/C16H17NO2.ClH/c18-15(19)16(8-3-9-17-16)11-12-6-7-13-4-1-2-5-14(13)10-12;/h1-2,4-7,10,17H,3,8-9,11H2,(H,18,19);1H/t16-;/m0./s1. The number of aliphatic carboxylic acids is 1. The lowest BCUT2D eigenvalue weighted by Gasteiger charge is -2.24. The minimum atomic E-state index is -0.775. The second-order valence-corrected chi connectivity index (χ2v) is 5.28. The number of halogens is 1. The van der Waals surface area contributed by atoms with E-state index in [9.17, 15) is 9.90 Å². The Morgan fingerprint density at radius 3 is 2.60 bits per heavy atom. The minimum absolute atomic E-state index is 0. The van der Waals surface area contributed by atoms with E-state index in [4.69, 9.17) is 0 Å². The van der Waals surface area contributed by atoms with E-state index in [1.807, 2.05) is 18.2 Å². The molecule has 20 heavy (non-hydrogen) atoms. The van der Waals surface area contributed by atoms with Crippen molar-refractivity contribution in [1.82, 2.24) is 5.32 Å². The number of carboxylic acids is 1. The van der Waals surface area contributed by atoms with Gasteiger partial charge in [0.05, 0.1) is 0 Å². The molecule has 3 rings (SSSR count). The number of carbonyl (C=O) groups is 1. The van der Waals surface area contributed by atoms with Crippen molar-refractivity contribution in [2.75, 3.05) is 6.54 Å². The molecule has 0 radical (unpaired) electrons. The normalized spacial score (nSPS) is 21.6. The van der Waals surface area contributed by atoms with Crippen molar-refractivity contribution >= 4 is 29.1 Å². The molecule has 1 atom stereocenters. The predicted octanol–water partition coefficient (Wildman–Crippen LogP) is 3.01. The molecule has 3 nitrogen and oxygen atoms in total. The van der Waals surface area contributed by atoms with Gasteiger partial charge in [-0.2, -0.15) is 0 Å². The summed E-state index contributed by atoms with van der Waals surface area (Å²) in [4.78, 5) is 11.5. The molecule has 1 saturated heterocycles. The number of fused-ring (bicyclic) bond motifs is 1. The quantitative estimate of drug-likeness (QED) is 0.914. The third-order valence-electron chi connectivity index (χ3n) is 3.97. The van der Waals surface area contributed by atoms with E-state index in [1.54, 1.807) is 0 Å². The van der Waals surface area contributed by atoms with Crippen molar-refractivity contribution in [3.05, 3.63) is 48.0 Å². The fourth-order valence-corrected chi connectivity index (χ4v) is 2.91. The highest BCUT2D eigenvalue weighted by Gasteiger charge is 2.40. The largest absolute Gasteiger partial charge is 0.480 e. The second kappa shape index (κ2) is 5.81. The Balaban J connectivity index is 0.00000147. The smallest absolute Gasteiger partial charge is 0.324 e. The summed E-state index contributed by atoms with van der Waals surface area (Å²) in [5.41, 5.74) is 0.304. The zero-order valence-corrected chi connectivity index (χ0v) is 12.0. The van der Waals surface area contributed by atoms with Gasteiger partial charge in [-0.1, -0.05) is 42.5 Å². The number of hydrogen-bond acceptors (Lipinski definition) is 2. The SMILES string of the molecule is Cl.O=C(O)[C@@]1(Cc2ccc3ccccc3c2)CCCN1. The van der Waals surface area contributed by atoms with Crippen molar-refractivity contribution in [3.63, 3.8) is 0 Å². The van der Waals surface area contributed by atoms with Crippen LogP contribution < -0.4 is 5.32 Å². The Bertz CT molecular complexity index is 621. The molecular formula is C16H18ClNO2. The van der Waals surface area contributed by atoms with Gasteiger partial charge in [0.1, 0.15) is 5.54 Å². The fourth-order valence-electron chi connectivity index (χ4n) is 2.91. The molecule has 1 aliphatic rings. The molecule has 0 spiro atoms. The summed E-state index contributed by atoms with van der Waals surface area (Å²) in [5.74, 6) is -0.738. The lowest BCUT2D eigenvalue weighted by molar-refractivity contribution is -0.144. The topological polar surface area (TPSA) is 49.3 Å². The zero-order valence-electron chi connectivity index (χ0n) is 11.1. The average Bonchev–Trinajstić information content (AvgIpc) is 2.88. The van der Waals surface area contributed by atoms with Crippen LogP contribution in [0.25, 0.3) is 10.8 Å². The summed E-state index contributed by atoms with van der Waals surface area (Å²) in [6.07, 6.45) is 2.18. The van der Waals surface area contributed by atoms with Gasteiger partial charge in [0.15, 0.2) is 0 Å². The lowest BCUT2D eigenvalue weighted by atomic mass is 9.88. The van der Waals surface area contributed by atoms with Gasteiger partial charge in [0.2, 0.25) is 0 Å². The maximum absolute atomic E-state index is 11.5. The van der Waals surface area contributed by atoms with Gasteiger partial charge in [-0.3, -0.25) is 4.79 Å². The molecule has 0 unspecified atom stereocenters. The highest BCUT2D eigenvalue weighted by atomic mass is 35.5. The first-order valence-corrected chi connectivity index (χ1v) is 6.66. The molecule has 1 heterocycles. The summed E-state index contributed by atoms with van der Waals surface area (Å²) >= 11 is 0. The first kappa shape index (κ1) is 14.8. The molecule has 0 bridgehead atoms.